The highest BCUT2D eigenvalue weighted by atomic mass is 79.9. The average Bonchev–Trinajstić information content (AvgIpc) is 2.76. The van der Waals surface area contributed by atoms with Gasteiger partial charge < -0.3 is 5.11 Å². The van der Waals surface area contributed by atoms with Gasteiger partial charge in [-0.15, -0.1) is 0 Å². The third kappa shape index (κ3) is 2.08. The number of carboxylic acid groups (broad SMARTS) is 1. The standard InChI is InChI=1S/C14H10BrN3O2/c1-8-16-13(14(19)20)12-6-5-11(17-18(8)12)9-3-2-4-10(15)7-9/h2-7H,1H3,(H,19,20). The van der Waals surface area contributed by atoms with E-state index >= 15 is 0 Å². The van der Waals surface area contributed by atoms with Gasteiger partial charge in [0.25, 0.3) is 0 Å². The van der Waals surface area contributed by atoms with Gasteiger partial charge in [0.1, 0.15) is 5.82 Å². The van der Waals surface area contributed by atoms with Crippen molar-refractivity contribution in [2.45, 2.75) is 6.92 Å². The normalized spacial score (nSPS) is 10.9. The number of hydrogen-bond donors (Lipinski definition) is 1. The molecule has 0 spiro atoms. The molecule has 0 radical (unpaired) electrons. The first kappa shape index (κ1) is 12.8. The van der Waals surface area contributed by atoms with Gasteiger partial charge in [-0.25, -0.2) is 14.3 Å². The number of fused-ring (bicyclic) bond motifs is 1. The molecule has 1 N–H and O–H groups in total. The van der Waals surface area contributed by atoms with Crippen LogP contribution in [0.25, 0.3) is 16.8 Å². The molecule has 0 saturated carbocycles. The van der Waals surface area contributed by atoms with E-state index in [-0.39, 0.29) is 5.69 Å². The van der Waals surface area contributed by atoms with E-state index in [0.29, 0.717) is 11.3 Å². The average molecular weight is 332 g/mol. The van der Waals surface area contributed by atoms with Crippen LogP contribution in [0.4, 0.5) is 0 Å². The molecule has 5 nitrogen and oxygen atoms in total. The van der Waals surface area contributed by atoms with Crippen LogP contribution in [-0.2, 0) is 0 Å². The number of imidazole rings is 1. The van der Waals surface area contributed by atoms with Crippen molar-refractivity contribution in [1.82, 2.24) is 14.6 Å². The van der Waals surface area contributed by atoms with Crippen molar-refractivity contribution in [3.05, 3.63) is 52.4 Å². The summed E-state index contributed by atoms with van der Waals surface area (Å²) in [6.07, 6.45) is 0. The molecule has 0 fully saturated rings. The van der Waals surface area contributed by atoms with Crippen molar-refractivity contribution in [2.24, 2.45) is 0 Å². The first-order chi connectivity index (χ1) is 9.56. The molecule has 3 rings (SSSR count). The molecule has 0 saturated heterocycles. The summed E-state index contributed by atoms with van der Waals surface area (Å²) in [6, 6.07) is 11.3. The van der Waals surface area contributed by atoms with Crippen molar-refractivity contribution < 1.29 is 9.90 Å². The Morgan fingerprint density at radius 2 is 2.10 bits per heavy atom. The second-order valence-electron chi connectivity index (χ2n) is 4.34. The minimum Gasteiger partial charge on any atom is -0.476 e. The van der Waals surface area contributed by atoms with Crippen molar-refractivity contribution in [3.63, 3.8) is 0 Å². The Morgan fingerprint density at radius 1 is 1.30 bits per heavy atom. The van der Waals surface area contributed by atoms with Crippen molar-refractivity contribution >= 4 is 27.4 Å². The Balaban J connectivity index is 2.21. The van der Waals surface area contributed by atoms with Gasteiger partial charge in [0.05, 0.1) is 11.2 Å². The third-order valence-corrected chi connectivity index (χ3v) is 3.47. The zero-order chi connectivity index (χ0) is 14.3. The SMILES string of the molecule is Cc1nc(C(=O)O)c2ccc(-c3cccc(Br)c3)nn12. The fraction of sp³-hybridized carbons (Fsp3) is 0.0714. The molecule has 0 atom stereocenters. The van der Waals surface area contributed by atoms with Crippen molar-refractivity contribution in [1.29, 1.82) is 0 Å². The molecule has 0 aliphatic rings. The second-order valence-corrected chi connectivity index (χ2v) is 5.25. The molecule has 20 heavy (non-hydrogen) atoms. The lowest BCUT2D eigenvalue weighted by molar-refractivity contribution is 0.0693. The second kappa shape index (κ2) is 4.72. The van der Waals surface area contributed by atoms with Crippen LogP contribution in [0.3, 0.4) is 0 Å². The van der Waals surface area contributed by atoms with Gasteiger partial charge in [-0.05, 0) is 31.2 Å². The Bertz CT molecular complexity index is 826. The van der Waals surface area contributed by atoms with E-state index in [1.807, 2.05) is 24.3 Å². The molecule has 2 aromatic heterocycles. The molecular formula is C14H10BrN3O2. The molecule has 0 aliphatic carbocycles. The predicted octanol–water partition coefficient (Wildman–Crippen LogP) is 3.17. The third-order valence-electron chi connectivity index (χ3n) is 2.98. The highest BCUT2D eigenvalue weighted by molar-refractivity contribution is 9.10. The molecule has 0 amide bonds. The van der Waals surface area contributed by atoms with Gasteiger partial charge in [-0.2, -0.15) is 5.10 Å². The maximum atomic E-state index is 11.1. The number of aromatic carboxylic acids is 1. The summed E-state index contributed by atoms with van der Waals surface area (Å²) in [5.41, 5.74) is 2.23. The van der Waals surface area contributed by atoms with Gasteiger partial charge in [0.2, 0.25) is 0 Å². The first-order valence-corrected chi connectivity index (χ1v) is 6.71. The number of halogens is 1. The largest absolute Gasteiger partial charge is 0.476 e. The molecule has 0 unspecified atom stereocenters. The summed E-state index contributed by atoms with van der Waals surface area (Å²) in [5.74, 6) is -0.498. The lowest BCUT2D eigenvalue weighted by Crippen LogP contribution is -1.99. The lowest BCUT2D eigenvalue weighted by Gasteiger charge is -2.03. The fourth-order valence-electron chi connectivity index (χ4n) is 2.07. The minimum absolute atomic E-state index is 0.0239. The van der Waals surface area contributed by atoms with Gasteiger partial charge in [-0.1, -0.05) is 28.1 Å². The van der Waals surface area contributed by atoms with Crippen LogP contribution in [0, 0.1) is 6.92 Å². The highest BCUT2D eigenvalue weighted by Gasteiger charge is 2.15. The number of hydrogen-bond acceptors (Lipinski definition) is 3. The molecule has 2 heterocycles. The van der Waals surface area contributed by atoms with Crippen LogP contribution < -0.4 is 0 Å². The van der Waals surface area contributed by atoms with Crippen molar-refractivity contribution in [3.8, 4) is 11.3 Å². The van der Waals surface area contributed by atoms with E-state index in [9.17, 15) is 4.79 Å². The molecule has 3 aromatic rings. The zero-order valence-corrected chi connectivity index (χ0v) is 12.1. The zero-order valence-electron chi connectivity index (χ0n) is 10.5. The Hall–Kier alpha value is -2.21. The monoisotopic (exact) mass is 331 g/mol. The number of aromatic nitrogens is 3. The van der Waals surface area contributed by atoms with E-state index in [0.717, 1.165) is 15.7 Å². The van der Waals surface area contributed by atoms with Gasteiger partial charge >= 0.3 is 5.97 Å². The van der Waals surface area contributed by atoms with Gasteiger partial charge in [0.15, 0.2) is 5.69 Å². The Kier molecular flexibility index (Phi) is 3.02. The fourth-order valence-corrected chi connectivity index (χ4v) is 2.47. The summed E-state index contributed by atoms with van der Waals surface area (Å²) in [4.78, 5) is 15.2. The van der Waals surface area contributed by atoms with E-state index in [4.69, 9.17) is 5.11 Å². The smallest absolute Gasteiger partial charge is 0.356 e. The van der Waals surface area contributed by atoms with Gasteiger partial charge in [0, 0.05) is 10.0 Å². The Labute approximate surface area is 123 Å². The summed E-state index contributed by atoms with van der Waals surface area (Å²) in [5, 5.41) is 13.6. The minimum atomic E-state index is -1.05. The van der Waals surface area contributed by atoms with Crippen LogP contribution in [0.2, 0.25) is 0 Å². The lowest BCUT2D eigenvalue weighted by atomic mass is 10.1. The van der Waals surface area contributed by atoms with E-state index in [1.165, 1.54) is 0 Å². The molecule has 0 bridgehead atoms. The Morgan fingerprint density at radius 3 is 2.80 bits per heavy atom. The summed E-state index contributed by atoms with van der Waals surface area (Å²) >= 11 is 3.42. The summed E-state index contributed by atoms with van der Waals surface area (Å²) < 4.78 is 2.52. The molecule has 0 aliphatic heterocycles. The molecular weight excluding hydrogens is 322 g/mol. The maximum Gasteiger partial charge on any atom is 0.356 e. The number of carboxylic acids is 1. The summed E-state index contributed by atoms with van der Waals surface area (Å²) in [6.45, 7) is 1.73. The van der Waals surface area contributed by atoms with Crippen LogP contribution in [-0.4, -0.2) is 25.7 Å². The van der Waals surface area contributed by atoms with Crippen LogP contribution >= 0.6 is 15.9 Å². The number of rotatable bonds is 2. The van der Waals surface area contributed by atoms with Crippen LogP contribution in [0.5, 0.6) is 0 Å². The van der Waals surface area contributed by atoms with E-state index in [2.05, 4.69) is 26.0 Å². The molecule has 100 valence electrons. The highest BCUT2D eigenvalue weighted by Crippen LogP contribution is 2.22. The van der Waals surface area contributed by atoms with E-state index < -0.39 is 5.97 Å². The number of carbonyl (C=O) groups is 1. The van der Waals surface area contributed by atoms with Crippen LogP contribution in [0.1, 0.15) is 16.3 Å². The van der Waals surface area contributed by atoms with Gasteiger partial charge in [-0.3, -0.25) is 0 Å². The maximum absolute atomic E-state index is 11.1. The van der Waals surface area contributed by atoms with E-state index in [1.54, 1.807) is 23.6 Å². The van der Waals surface area contributed by atoms with Crippen molar-refractivity contribution in [2.75, 3.05) is 0 Å². The summed E-state index contributed by atoms with van der Waals surface area (Å²) in [7, 11) is 0. The number of aryl methyl sites for hydroxylation is 1. The quantitative estimate of drug-likeness (QED) is 0.783. The van der Waals surface area contributed by atoms with Crippen LogP contribution in [0.15, 0.2) is 40.9 Å². The molecule has 6 heteroatoms. The topological polar surface area (TPSA) is 67.5 Å². The molecule has 1 aromatic carbocycles. The predicted molar refractivity (Wildman–Crippen MR) is 77.8 cm³/mol. The first-order valence-electron chi connectivity index (χ1n) is 5.92. The number of nitrogens with zero attached hydrogens (tertiary/aromatic N) is 3. The number of benzene rings is 1.